The number of rotatable bonds is 3. The van der Waals surface area contributed by atoms with Crippen molar-refractivity contribution in [2.75, 3.05) is 13.1 Å². The van der Waals surface area contributed by atoms with Crippen molar-refractivity contribution in [1.29, 1.82) is 0 Å². The molecule has 0 spiro atoms. The summed E-state index contributed by atoms with van der Waals surface area (Å²) in [5.74, 6) is 1.16. The highest BCUT2D eigenvalue weighted by atomic mass is 16.3. The average Bonchev–Trinajstić information content (AvgIpc) is 3.38. The van der Waals surface area contributed by atoms with Crippen molar-refractivity contribution >= 4 is 17.3 Å². The smallest absolute Gasteiger partial charge is 0.212 e. The summed E-state index contributed by atoms with van der Waals surface area (Å²) in [6, 6.07) is 6.40. The molecule has 4 heterocycles. The number of nitrogens with one attached hydrogen (secondary N) is 1. The highest BCUT2D eigenvalue weighted by Crippen LogP contribution is 2.38. The molecule has 2 aliphatic heterocycles. The van der Waals surface area contributed by atoms with Gasteiger partial charge in [-0.05, 0) is 57.0 Å². The SMILES string of the molecule is Cc1cccc2oc(C3(c4cnn(C5CCNCC5)c4)C=NC(N)=CC3)nc12. The summed E-state index contributed by atoms with van der Waals surface area (Å²) >= 11 is 0. The van der Waals surface area contributed by atoms with Crippen molar-refractivity contribution in [1.82, 2.24) is 20.1 Å². The fourth-order valence-electron chi connectivity index (χ4n) is 4.13. The molecule has 2 aromatic heterocycles. The summed E-state index contributed by atoms with van der Waals surface area (Å²) in [4.78, 5) is 9.27. The third kappa shape index (κ3) is 2.74. The van der Waals surface area contributed by atoms with Gasteiger partial charge < -0.3 is 15.5 Å². The van der Waals surface area contributed by atoms with Crippen LogP contribution in [0.4, 0.5) is 0 Å². The molecule has 0 saturated carbocycles. The van der Waals surface area contributed by atoms with E-state index in [9.17, 15) is 0 Å². The van der Waals surface area contributed by atoms with Gasteiger partial charge in [0.25, 0.3) is 0 Å². The Kier molecular flexibility index (Phi) is 4.05. The molecule has 0 aliphatic carbocycles. The topological polar surface area (TPSA) is 94.3 Å². The highest BCUT2D eigenvalue weighted by molar-refractivity contribution is 5.82. The quantitative estimate of drug-likeness (QED) is 0.733. The molecule has 0 radical (unpaired) electrons. The normalized spacial score (nSPS) is 23.2. The van der Waals surface area contributed by atoms with Gasteiger partial charge in [-0.25, -0.2) is 9.98 Å². The first-order chi connectivity index (χ1) is 13.7. The second kappa shape index (κ2) is 6.60. The molecule has 7 nitrogen and oxygen atoms in total. The van der Waals surface area contributed by atoms with E-state index < -0.39 is 5.41 Å². The maximum absolute atomic E-state index is 6.22. The zero-order valence-corrected chi connectivity index (χ0v) is 15.9. The molecule has 1 aromatic carbocycles. The van der Waals surface area contributed by atoms with E-state index >= 15 is 0 Å². The Balaban J connectivity index is 1.61. The van der Waals surface area contributed by atoms with Gasteiger partial charge >= 0.3 is 0 Å². The van der Waals surface area contributed by atoms with E-state index in [2.05, 4.69) is 26.3 Å². The third-order valence-electron chi connectivity index (χ3n) is 5.87. The lowest BCUT2D eigenvalue weighted by Crippen LogP contribution is -2.32. The van der Waals surface area contributed by atoms with Crippen molar-refractivity contribution in [3.05, 3.63) is 59.5 Å². The lowest BCUT2D eigenvalue weighted by molar-refractivity contribution is 0.342. The number of para-hydroxylation sites is 1. The first-order valence-electron chi connectivity index (χ1n) is 9.78. The first kappa shape index (κ1) is 17.2. The minimum atomic E-state index is -0.598. The second-order valence-electron chi connectivity index (χ2n) is 7.69. The van der Waals surface area contributed by atoms with Crippen LogP contribution in [0.1, 0.15) is 42.3 Å². The van der Waals surface area contributed by atoms with Crippen LogP contribution in [-0.2, 0) is 5.41 Å². The van der Waals surface area contributed by atoms with Gasteiger partial charge in [0.1, 0.15) is 16.8 Å². The summed E-state index contributed by atoms with van der Waals surface area (Å²) in [5, 5.41) is 8.09. The maximum atomic E-state index is 6.22. The molecule has 1 atom stereocenters. The van der Waals surface area contributed by atoms with Crippen LogP contribution in [0.3, 0.4) is 0 Å². The van der Waals surface area contributed by atoms with E-state index in [0.717, 1.165) is 48.2 Å². The van der Waals surface area contributed by atoms with E-state index in [1.165, 1.54) is 0 Å². The number of aliphatic imine (C=N–C) groups is 1. The van der Waals surface area contributed by atoms with Crippen LogP contribution in [0.15, 0.2) is 51.9 Å². The van der Waals surface area contributed by atoms with Gasteiger partial charge in [0.05, 0.1) is 12.2 Å². The molecule has 1 saturated heterocycles. The van der Waals surface area contributed by atoms with Gasteiger partial charge in [0.15, 0.2) is 5.58 Å². The van der Waals surface area contributed by atoms with Gasteiger partial charge in [-0.15, -0.1) is 0 Å². The van der Waals surface area contributed by atoms with Crippen molar-refractivity contribution in [3.8, 4) is 0 Å². The standard InChI is InChI=1S/C21H24N6O/c1-14-3-2-4-17-19(14)26-20(28-17)21(8-5-18(22)24-13-21)15-11-25-27(12-15)16-6-9-23-10-7-16/h2-5,11-13,16,23H,6-10,22H2,1H3. The Hall–Kier alpha value is -2.93. The Bertz CT molecular complexity index is 1070. The number of piperidine rings is 1. The summed E-state index contributed by atoms with van der Waals surface area (Å²) < 4.78 is 8.30. The number of nitrogens with two attached hydrogens (primary N) is 1. The van der Waals surface area contributed by atoms with Crippen molar-refractivity contribution in [3.63, 3.8) is 0 Å². The number of fused-ring (bicyclic) bond motifs is 1. The summed E-state index contributed by atoms with van der Waals surface area (Å²) in [6.07, 6.45) is 10.7. The van der Waals surface area contributed by atoms with E-state index in [4.69, 9.17) is 15.1 Å². The van der Waals surface area contributed by atoms with Crippen LogP contribution in [0.5, 0.6) is 0 Å². The molecule has 5 rings (SSSR count). The minimum absolute atomic E-state index is 0.416. The van der Waals surface area contributed by atoms with Gasteiger partial charge in [-0.3, -0.25) is 4.68 Å². The van der Waals surface area contributed by atoms with Gasteiger partial charge in [0.2, 0.25) is 5.89 Å². The molecule has 3 aromatic rings. The number of benzene rings is 1. The summed E-state index contributed by atoms with van der Waals surface area (Å²) in [6.45, 7) is 4.09. The number of allylic oxidation sites excluding steroid dienone is 1. The summed E-state index contributed by atoms with van der Waals surface area (Å²) in [5.41, 5.74) is 9.12. The number of hydrogen-bond donors (Lipinski definition) is 2. The predicted octanol–water partition coefficient (Wildman–Crippen LogP) is 2.82. The Morgan fingerprint density at radius 1 is 1.29 bits per heavy atom. The van der Waals surface area contributed by atoms with E-state index in [0.29, 0.717) is 24.2 Å². The van der Waals surface area contributed by atoms with Gasteiger partial charge in [-0.2, -0.15) is 5.10 Å². The molecule has 0 amide bonds. The molecule has 28 heavy (non-hydrogen) atoms. The molecule has 1 unspecified atom stereocenters. The first-order valence-corrected chi connectivity index (χ1v) is 9.78. The van der Waals surface area contributed by atoms with Crippen molar-refractivity contribution in [2.45, 2.75) is 37.6 Å². The Labute approximate surface area is 163 Å². The van der Waals surface area contributed by atoms with Gasteiger partial charge in [0, 0.05) is 18.0 Å². The van der Waals surface area contributed by atoms with E-state index in [-0.39, 0.29) is 0 Å². The third-order valence-corrected chi connectivity index (χ3v) is 5.87. The lowest BCUT2D eigenvalue weighted by atomic mass is 9.79. The summed E-state index contributed by atoms with van der Waals surface area (Å²) in [7, 11) is 0. The van der Waals surface area contributed by atoms with Gasteiger partial charge in [-0.1, -0.05) is 12.1 Å². The molecule has 0 bridgehead atoms. The maximum Gasteiger partial charge on any atom is 0.212 e. The fraction of sp³-hybridized carbons (Fsp3) is 0.381. The van der Waals surface area contributed by atoms with E-state index in [1.807, 2.05) is 43.6 Å². The fourth-order valence-corrected chi connectivity index (χ4v) is 4.13. The number of hydrogen-bond acceptors (Lipinski definition) is 6. The number of aromatic nitrogens is 3. The highest BCUT2D eigenvalue weighted by Gasteiger charge is 2.40. The average molecular weight is 376 g/mol. The molecule has 7 heteroatoms. The van der Waals surface area contributed by atoms with Crippen LogP contribution in [0, 0.1) is 6.92 Å². The van der Waals surface area contributed by atoms with Crippen molar-refractivity contribution < 1.29 is 4.42 Å². The van der Waals surface area contributed by atoms with Crippen LogP contribution < -0.4 is 11.1 Å². The number of nitrogens with zero attached hydrogens (tertiary/aromatic N) is 4. The Morgan fingerprint density at radius 3 is 2.89 bits per heavy atom. The molecule has 2 aliphatic rings. The number of aryl methyl sites for hydroxylation is 1. The molecule has 1 fully saturated rings. The zero-order chi connectivity index (χ0) is 19.1. The van der Waals surface area contributed by atoms with Crippen LogP contribution in [-0.4, -0.2) is 34.1 Å². The molecule has 144 valence electrons. The zero-order valence-electron chi connectivity index (χ0n) is 15.9. The number of oxazole rings is 1. The second-order valence-corrected chi connectivity index (χ2v) is 7.69. The predicted molar refractivity (Wildman–Crippen MR) is 108 cm³/mol. The monoisotopic (exact) mass is 376 g/mol. The molecular weight excluding hydrogens is 352 g/mol. The lowest BCUT2D eigenvalue weighted by Gasteiger charge is -2.27. The van der Waals surface area contributed by atoms with Crippen LogP contribution in [0.2, 0.25) is 0 Å². The minimum Gasteiger partial charge on any atom is -0.439 e. The Morgan fingerprint density at radius 2 is 2.14 bits per heavy atom. The molecule has 3 N–H and O–H groups in total. The molecular formula is C21H24N6O. The van der Waals surface area contributed by atoms with Crippen LogP contribution >= 0.6 is 0 Å². The largest absolute Gasteiger partial charge is 0.439 e. The van der Waals surface area contributed by atoms with E-state index in [1.54, 1.807) is 0 Å². The van der Waals surface area contributed by atoms with Crippen molar-refractivity contribution in [2.24, 2.45) is 10.7 Å². The van der Waals surface area contributed by atoms with Crippen LogP contribution in [0.25, 0.3) is 11.1 Å².